The molecule has 17 heavy (non-hydrogen) atoms. The predicted molar refractivity (Wildman–Crippen MR) is 72.0 cm³/mol. The molecule has 0 aliphatic carbocycles. The number of benzene rings is 1. The fraction of sp³-hybridized carbons (Fsp3) is 0.357. The van der Waals surface area contributed by atoms with Crippen LogP contribution in [0.4, 0.5) is 0 Å². The molecule has 0 saturated heterocycles. The SMILES string of the molecule is CCN(Cc1ccccc1Cl)C(=O)C=C(C)C. The highest BCUT2D eigenvalue weighted by Gasteiger charge is 2.10. The van der Waals surface area contributed by atoms with Gasteiger partial charge in [-0.05, 0) is 32.4 Å². The van der Waals surface area contributed by atoms with E-state index in [0.29, 0.717) is 18.1 Å². The number of rotatable bonds is 4. The van der Waals surface area contributed by atoms with Gasteiger partial charge in [-0.25, -0.2) is 0 Å². The van der Waals surface area contributed by atoms with Crippen molar-refractivity contribution in [2.45, 2.75) is 27.3 Å². The summed E-state index contributed by atoms with van der Waals surface area (Å²) in [6.07, 6.45) is 1.65. The van der Waals surface area contributed by atoms with E-state index >= 15 is 0 Å². The van der Waals surface area contributed by atoms with Gasteiger partial charge in [-0.1, -0.05) is 35.4 Å². The maximum Gasteiger partial charge on any atom is 0.246 e. The number of hydrogen-bond acceptors (Lipinski definition) is 1. The molecule has 1 rings (SSSR count). The zero-order valence-electron chi connectivity index (χ0n) is 10.5. The third kappa shape index (κ3) is 4.23. The molecule has 1 amide bonds. The molecule has 92 valence electrons. The van der Waals surface area contributed by atoms with E-state index in [1.807, 2.05) is 45.0 Å². The molecular formula is C14H18ClNO. The molecule has 0 bridgehead atoms. The van der Waals surface area contributed by atoms with Crippen molar-refractivity contribution in [3.05, 3.63) is 46.5 Å². The molecule has 0 aliphatic heterocycles. The van der Waals surface area contributed by atoms with Crippen LogP contribution in [0, 0.1) is 0 Å². The van der Waals surface area contributed by atoms with Gasteiger partial charge in [0.1, 0.15) is 0 Å². The molecule has 1 aromatic rings. The van der Waals surface area contributed by atoms with Gasteiger partial charge in [0.2, 0.25) is 5.91 Å². The van der Waals surface area contributed by atoms with Crippen LogP contribution in [0.1, 0.15) is 26.3 Å². The average molecular weight is 252 g/mol. The molecule has 0 aliphatic rings. The van der Waals surface area contributed by atoms with Crippen molar-refractivity contribution in [1.29, 1.82) is 0 Å². The van der Waals surface area contributed by atoms with Crippen molar-refractivity contribution in [3.63, 3.8) is 0 Å². The minimum atomic E-state index is 0.0346. The monoisotopic (exact) mass is 251 g/mol. The fourth-order valence-corrected chi connectivity index (χ4v) is 1.71. The number of likely N-dealkylation sites (N-methyl/N-ethyl adjacent to an activating group) is 1. The van der Waals surface area contributed by atoms with Gasteiger partial charge in [0.05, 0.1) is 0 Å². The summed E-state index contributed by atoms with van der Waals surface area (Å²) in [5, 5.41) is 0.705. The average Bonchev–Trinajstić information content (AvgIpc) is 2.27. The summed E-state index contributed by atoms with van der Waals surface area (Å²) in [5.41, 5.74) is 1.99. The Labute approximate surface area is 108 Å². The quantitative estimate of drug-likeness (QED) is 0.748. The summed E-state index contributed by atoms with van der Waals surface area (Å²) in [6, 6.07) is 7.61. The molecule has 1 aromatic carbocycles. The highest BCUT2D eigenvalue weighted by Crippen LogP contribution is 2.17. The Morgan fingerprint density at radius 2 is 2.00 bits per heavy atom. The molecule has 0 aromatic heterocycles. The first-order valence-corrected chi connectivity index (χ1v) is 6.09. The van der Waals surface area contributed by atoms with E-state index < -0.39 is 0 Å². The van der Waals surface area contributed by atoms with E-state index in [1.54, 1.807) is 11.0 Å². The van der Waals surface area contributed by atoms with Crippen LogP contribution in [0.3, 0.4) is 0 Å². The van der Waals surface area contributed by atoms with Gasteiger partial charge < -0.3 is 4.90 Å². The molecule has 0 heterocycles. The third-order valence-corrected chi connectivity index (χ3v) is 2.79. The molecule has 0 N–H and O–H groups in total. The summed E-state index contributed by atoms with van der Waals surface area (Å²) in [6.45, 7) is 7.03. The molecule has 0 saturated carbocycles. The Balaban J connectivity index is 2.81. The Morgan fingerprint density at radius 3 is 2.53 bits per heavy atom. The van der Waals surface area contributed by atoms with Crippen LogP contribution in [0.5, 0.6) is 0 Å². The minimum Gasteiger partial charge on any atom is -0.335 e. The number of nitrogens with zero attached hydrogens (tertiary/aromatic N) is 1. The van der Waals surface area contributed by atoms with Gasteiger partial charge in [0.15, 0.2) is 0 Å². The van der Waals surface area contributed by atoms with E-state index in [9.17, 15) is 4.79 Å². The maximum atomic E-state index is 11.9. The first-order chi connectivity index (χ1) is 8.04. The largest absolute Gasteiger partial charge is 0.335 e. The molecule has 3 heteroatoms. The van der Waals surface area contributed by atoms with E-state index in [0.717, 1.165) is 11.1 Å². The lowest BCUT2D eigenvalue weighted by Crippen LogP contribution is -2.28. The first-order valence-electron chi connectivity index (χ1n) is 5.71. The van der Waals surface area contributed by atoms with Crippen LogP contribution < -0.4 is 0 Å². The number of halogens is 1. The van der Waals surface area contributed by atoms with E-state index in [2.05, 4.69) is 0 Å². The second-order valence-corrected chi connectivity index (χ2v) is 4.57. The zero-order chi connectivity index (χ0) is 12.8. The van der Waals surface area contributed by atoms with Gasteiger partial charge >= 0.3 is 0 Å². The number of hydrogen-bond donors (Lipinski definition) is 0. The van der Waals surface area contributed by atoms with Crippen LogP contribution in [0.15, 0.2) is 35.9 Å². The molecule has 0 fully saturated rings. The third-order valence-electron chi connectivity index (χ3n) is 2.42. The smallest absolute Gasteiger partial charge is 0.246 e. The van der Waals surface area contributed by atoms with Crippen LogP contribution in [-0.4, -0.2) is 17.4 Å². The van der Waals surface area contributed by atoms with Gasteiger partial charge in [-0.2, -0.15) is 0 Å². The van der Waals surface area contributed by atoms with Gasteiger partial charge in [0.25, 0.3) is 0 Å². The predicted octanol–water partition coefficient (Wildman–Crippen LogP) is 3.65. The van der Waals surface area contributed by atoms with Crippen molar-refractivity contribution in [2.75, 3.05) is 6.54 Å². The number of allylic oxidation sites excluding steroid dienone is 1. The summed E-state index contributed by atoms with van der Waals surface area (Å²) in [5.74, 6) is 0.0346. The zero-order valence-corrected chi connectivity index (χ0v) is 11.3. The molecule has 0 radical (unpaired) electrons. The fourth-order valence-electron chi connectivity index (χ4n) is 1.52. The number of amides is 1. The lowest BCUT2D eigenvalue weighted by atomic mass is 10.2. The van der Waals surface area contributed by atoms with Gasteiger partial charge in [0, 0.05) is 24.2 Å². The van der Waals surface area contributed by atoms with E-state index in [4.69, 9.17) is 11.6 Å². The molecular weight excluding hydrogens is 234 g/mol. The Morgan fingerprint density at radius 1 is 1.35 bits per heavy atom. The van der Waals surface area contributed by atoms with Crippen LogP contribution in [0.2, 0.25) is 5.02 Å². The summed E-state index contributed by atoms with van der Waals surface area (Å²) >= 11 is 6.08. The lowest BCUT2D eigenvalue weighted by molar-refractivity contribution is -0.126. The van der Waals surface area contributed by atoms with Crippen molar-refractivity contribution < 1.29 is 4.79 Å². The Bertz CT molecular complexity index is 422. The van der Waals surface area contributed by atoms with E-state index in [-0.39, 0.29) is 5.91 Å². The van der Waals surface area contributed by atoms with Gasteiger partial charge in [-0.3, -0.25) is 4.79 Å². The Kier molecular flexibility index (Phi) is 5.23. The maximum absolute atomic E-state index is 11.9. The molecule has 0 spiro atoms. The van der Waals surface area contributed by atoms with Crippen molar-refractivity contribution >= 4 is 17.5 Å². The van der Waals surface area contributed by atoms with Crippen molar-refractivity contribution in [1.82, 2.24) is 4.90 Å². The van der Waals surface area contributed by atoms with Crippen LogP contribution in [0.25, 0.3) is 0 Å². The second-order valence-electron chi connectivity index (χ2n) is 4.17. The highest BCUT2D eigenvalue weighted by molar-refractivity contribution is 6.31. The van der Waals surface area contributed by atoms with E-state index in [1.165, 1.54) is 0 Å². The highest BCUT2D eigenvalue weighted by atomic mass is 35.5. The van der Waals surface area contributed by atoms with Crippen molar-refractivity contribution in [3.8, 4) is 0 Å². The lowest BCUT2D eigenvalue weighted by Gasteiger charge is -2.20. The van der Waals surface area contributed by atoms with Crippen LogP contribution >= 0.6 is 11.6 Å². The summed E-state index contributed by atoms with van der Waals surface area (Å²) in [4.78, 5) is 13.7. The topological polar surface area (TPSA) is 20.3 Å². The second kappa shape index (κ2) is 6.45. The summed E-state index contributed by atoms with van der Waals surface area (Å²) < 4.78 is 0. The molecule has 0 atom stereocenters. The molecule has 0 unspecified atom stereocenters. The number of carbonyl (C=O) groups is 1. The minimum absolute atomic E-state index is 0.0346. The Hall–Kier alpha value is -1.28. The van der Waals surface area contributed by atoms with Crippen molar-refractivity contribution in [2.24, 2.45) is 0 Å². The standard InChI is InChI=1S/C14H18ClNO/c1-4-16(14(17)9-11(2)3)10-12-7-5-6-8-13(12)15/h5-9H,4,10H2,1-3H3. The van der Waals surface area contributed by atoms with Crippen LogP contribution in [-0.2, 0) is 11.3 Å². The number of carbonyl (C=O) groups excluding carboxylic acids is 1. The molecule has 2 nitrogen and oxygen atoms in total. The van der Waals surface area contributed by atoms with Gasteiger partial charge in [-0.15, -0.1) is 0 Å². The normalized spacial score (nSPS) is 9.88. The summed E-state index contributed by atoms with van der Waals surface area (Å²) in [7, 11) is 0. The first kappa shape index (κ1) is 13.8.